The Kier molecular flexibility index (Phi) is 4.85. The van der Waals surface area contributed by atoms with Crippen molar-refractivity contribution < 1.29 is 9.90 Å². The number of aromatic nitrogens is 2. The van der Waals surface area contributed by atoms with Crippen LogP contribution in [0, 0.1) is 12.8 Å². The first-order valence-electron chi connectivity index (χ1n) is 7.87. The molecular weight excluding hydrogens is 328 g/mol. The maximum atomic E-state index is 12.4. The van der Waals surface area contributed by atoms with Crippen molar-refractivity contribution in [3.05, 3.63) is 41.3 Å². The highest BCUT2D eigenvalue weighted by molar-refractivity contribution is 6.29. The first-order chi connectivity index (χ1) is 11.5. The van der Waals surface area contributed by atoms with Crippen LogP contribution in [0.5, 0.6) is 5.75 Å². The van der Waals surface area contributed by atoms with Crippen LogP contribution in [0.25, 0.3) is 0 Å². The van der Waals surface area contributed by atoms with Crippen LogP contribution in [0.3, 0.4) is 0 Å². The van der Waals surface area contributed by atoms with Gasteiger partial charge in [0, 0.05) is 30.8 Å². The fourth-order valence-electron chi connectivity index (χ4n) is 2.84. The van der Waals surface area contributed by atoms with E-state index in [-0.39, 0.29) is 17.6 Å². The molecule has 1 aromatic carbocycles. The standard InChI is InChI=1S/C17H19ClN4O2/c1-11-19-15(18)10-16(20-11)22-8-6-12(7-9-22)17(24)21-13-2-4-14(23)5-3-13/h2-5,10,12,23H,6-9H2,1H3,(H,21,24). The van der Waals surface area contributed by atoms with Crippen molar-refractivity contribution in [2.75, 3.05) is 23.3 Å². The molecule has 2 aromatic rings. The lowest BCUT2D eigenvalue weighted by Crippen LogP contribution is -2.38. The average Bonchev–Trinajstić information content (AvgIpc) is 2.56. The zero-order chi connectivity index (χ0) is 17.1. The predicted molar refractivity (Wildman–Crippen MR) is 93.5 cm³/mol. The Labute approximate surface area is 145 Å². The van der Waals surface area contributed by atoms with Crippen LogP contribution < -0.4 is 10.2 Å². The Morgan fingerprint density at radius 1 is 1.25 bits per heavy atom. The number of aryl methyl sites for hydroxylation is 1. The van der Waals surface area contributed by atoms with Gasteiger partial charge in [0.05, 0.1) is 0 Å². The first-order valence-corrected chi connectivity index (χ1v) is 8.25. The third kappa shape index (κ3) is 3.94. The normalized spacial score (nSPS) is 15.3. The number of anilines is 2. The molecule has 2 heterocycles. The number of nitrogens with one attached hydrogen (secondary N) is 1. The van der Waals surface area contributed by atoms with Crippen LogP contribution in [-0.2, 0) is 4.79 Å². The average molecular weight is 347 g/mol. The van der Waals surface area contributed by atoms with Gasteiger partial charge in [-0.3, -0.25) is 4.79 Å². The lowest BCUT2D eigenvalue weighted by atomic mass is 9.96. The van der Waals surface area contributed by atoms with Gasteiger partial charge in [0.1, 0.15) is 22.5 Å². The first kappa shape index (κ1) is 16.5. The van der Waals surface area contributed by atoms with E-state index in [0.717, 1.165) is 31.7 Å². The molecule has 24 heavy (non-hydrogen) atoms. The zero-order valence-corrected chi connectivity index (χ0v) is 14.1. The number of amides is 1. The van der Waals surface area contributed by atoms with Gasteiger partial charge >= 0.3 is 0 Å². The number of carbonyl (C=O) groups is 1. The molecule has 0 spiro atoms. The van der Waals surface area contributed by atoms with E-state index < -0.39 is 0 Å². The maximum absolute atomic E-state index is 12.4. The third-order valence-electron chi connectivity index (χ3n) is 4.12. The number of phenols is 1. The van der Waals surface area contributed by atoms with E-state index in [2.05, 4.69) is 20.2 Å². The quantitative estimate of drug-likeness (QED) is 0.659. The van der Waals surface area contributed by atoms with Crippen LogP contribution in [0.2, 0.25) is 5.15 Å². The van der Waals surface area contributed by atoms with E-state index in [9.17, 15) is 9.90 Å². The highest BCUT2D eigenvalue weighted by Gasteiger charge is 2.26. The fraction of sp³-hybridized carbons (Fsp3) is 0.353. The van der Waals surface area contributed by atoms with Crippen molar-refractivity contribution in [2.24, 2.45) is 5.92 Å². The van der Waals surface area contributed by atoms with Gasteiger partial charge in [0.15, 0.2) is 0 Å². The number of aromatic hydroxyl groups is 1. The lowest BCUT2D eigenvalue weighted by Gasteiger charge is -2.32. The molecule has 126 valence electrons. The number of hydrogen-bond donors (Lipinski definition) is 2. The SMILES string of the molecule is Cc1nc(Cl)cc(N2CCC(C(=O)Nc3ccc(O)cc3)CC2)n1. The maximum Gasteiger partial charge on any atom is 0.227 e. The molecule has 1 aliphatic heterocycles. The predicted octanol–water partition coefficient (Wildman–Crippen LogP) is 3.00. The molecular formula is C17H19ClN4O2. The van der Waals surface area contributed by atoms with Crippen molar-refractivity contribution in [1.29, 1.82) is 0 Å². The van der Waals surface area contributed by atoms with Gasteiger partial charge in [-0.15, -0.1) is 0 Å². The van der Waals surface area contributed by atoms with E-state index in [1.165, 1.54) is 0 Å². The monoisotopic (exact) mass is 346 g/mol. The molecule has 0 unspecified atom stereocenters. The molecule has 0 atom stereocenters. The summed E-state index contributed by atoms with van der Waals surface area (Å²) in [6, 6.07) is 8.24. The van der Waals surface area contributed by atoms with E-state index in [4.69, 9.17) is 11.6 Å². The van der Waals surface area contributed by atoms with Crippen LogP contribution >= 0.6 is 11.6 Å². The van der Waals surface area contributed by atoms with Crippen LogP contribution in [-0.4, -0.2) is 34.1 Å². The second-order valence-corrected chi connectivity index (χ2v) is 6.28. The Hall–Kier alpha value is -2.34. The molecule has 0 aliphatic carbocycles. The molecule has 1 aliphatic rings. The number of carbonyl (C=O) groups excluding carboxylic acids is 1. The molecule has 0 bridgehead atoms. The number of nitrogens with zero attached hydrogens (tertiary/aromatic N) is 3. The summed E-state index contributed by atoms with van der Waals surface area (Å²) in [5.74, 6) is 1.61. The van der Waals surface area contributed by atoms with Crippen LogP contribution in [0.4, 0.5) is 11.5 Å². The van der Waals surface area contributed by atoms with E-state index >= 15 is 0 Å². The largest absolute Gasteiger partial charge is 0.508 e. The summed E-state index contributed by atoms with van der Waals surface area (Å²) in [6.07, 6.45) is 1.51. The Morgan fingerprint density at radius 2 is 1.92 bits per heavy atom. The molecule has 1 aromatic heterocycles. The minimum Gasteiger partial charge on any atom is -0.508 e. The second kappa shape index (κ2) is 7.05. The summed E-state index contributed by atoms with van der Waals surface area (Å²) < 4.78 is 0. The summed E-state index contributed by atoms with van der Waals surface area (Å²) in [5, 5.41) is 12.6. The van der Waals surface area contributed by atoms with Gasteiger partial charge in [-0.05, 0) is 44.0 Å². The lowest BCUT2D eigenvalue weighted by molar-refractivity contribution is -0.120. The minimum atomic E-state index is -0.0338. The summed E-state index contributed by atoms with van der Waals surface area (Å²) in [6.45, 7) is 3.31. The molecule has 0 saturated carbocycles. The highest BCUT2D eigenvalue weighted by atomic mass is 35.5. The van der Waals surface area contributed by atoms with Crippen molar-refractivity contribution in [3.8, 4) is 5.75 Å². The number of hydrogen-bond acceptors (Lipinski definition) is 5. The van der Waals surface area contributed by atoms with Crippen molar-refractivity contribution >= 4 is 29.0 Å². The number of piperidine rings is 1. The third-order valence-corrected chi connectivity index (χ3v) is 4.31. The van der Waals surface area contributed by atoms with E-state index in [0.29, 0.717) is 16.7 Å². The summed E-state index contributed by atoms with van der Waals surface area (Å²) >= 11 is 5.99. The number of benzene rings is 1. The summed E-state index contributed by atoms with van der Waals surface area (Å²) in [5.41, 5.74) is 0.693. The van der Waals surface area contributed by atoms with Gasteiger partial charge in [0.2, 0.25) is 5.91 Å². The van der Waals surface area contributed by atoms with E-state index in [1.807, 2.05) is 6.92 Å². The molecule has 7 heteroatoms. The molecule has 6 nitrogen and oxygen atoms in total. The Morgan fingerprint density at radius 3 is 2.54 bits per heavy atom. The Bertz CT molecular complexity index is 708. The molecule has 2 N–H and O–H groups in total. The van der Waals surface area contributed by atoms with Gasteiger partial charge in [-0.1, -0.05) is 11.6 Å². The molecule has 0 radical (unpaired) electrons. The second-order valence-electron chi connectivity index (χ2n) is 5.89. The van der Waals surface area contributed by atoms with E-state index in [1.54, 1.807) is 30.3 Å². The number of halogens is 1. The van der Waals surface area contributed by atoms with Gasteiger partial charge in [-0.25, -0.2) is 9.97 Å². The van der Waals surface area contributed by atoms with Gasteiger partial charge < -0.3 is 15.3 Å². The minimum absolute atomic E-state index is 0.0113. The molecule has 1 amide bonds. The summed E-state index contributed by atoms with van der Waals surface area (Å²) in [4.78, 5) is 23.0. The van der Waals surface area contributed by atoms with Crippen molar-refractivity contribution in [3.63, 3.8) is 0 Å². The zero-order valence-electron chi connectivity index (χ0n) is 13.4. The van der Waals surface area contributed by atoms with Crippen molar-refractivity contribution in [2.45, 2.75) is 19.8 Å². The van der Waals surface area contributed by atoms with Crippen molar-refractivity contribution in [1.82, 2.24) is 9.97 Å². The molecule has 1 saturated heterocycles. The van der Waals surface area contributed by atoms with Crippen LogP contribution in [0.1, 0.15) is 18.7 Å². The topological polar surface area (TPSA) is 78.4 Å². The molecule has 3 rings (SSSR count). The Balaban J connectivity index is 1.58. The number of phenolic OH excluding ortho intramolecular Hbond substituents is 1. The smallest absolute Gasteiger partial charge is 0.227 e. The highest BCUT2D eigenvalue weighted by Crippen LogP contribution is 2.25. The van der Waals surface area contributed by atoms with Gasteiger partial charge in [0.25, 0.3) is 0 Å². The molecule has 1 fully saturated rings. The number of rotatable bonds is 3. The summed E-state index contributed by atoms with van der Waals surface area (Å²) in [7, 11) is 0. The fourth-order valence-corrected chi connectivity index (χ4v) is 3.06. The van der Waals surface area contributed by atoms with Gasteiger partial charge in [-0.2, -0.15) is 0 Å². The van der Waals surface area contributed by atoms with Crippen LogP contribution in [0.15, 0.2) is 30.3 Å².